The highest BCUT2D eigenvalue weighted by Gasteiger charge is 2.25. The van der Waals surface area contributed by atoms with Crippen molar-refractivity contribution in [2.45, 2.75) is 44.6 Å². The Hall–Kier alpha value is -0.910. The van der Waals surface area contributed by atoms with Crippen LogP contribution in [0.15, 0.2) is 17.5 Å². The predicted molar refractivity (Wildman–Crippen MR) is 88.1 cm³/mol. The average Bonchev–Trinajstić information content (AvgIpc) is 2.99. The molecular weight excluding hydrogens is 308 g/mol. The number of ketones is 1. The smallest absolute Gasteiger partial charge is 0.220 e. The van der Waals surface area contributed by atoms with Crippen LogP contribution in [0.1, 0.15) is 48.2 Å². The molecule has 2 unspecified atom stereocenters. The van der Waals surface area contributed by atoms with Gasteiger partial charge in [-0.3, -0.25) is 9.59 Å². The summed E-state index contributed by atoms with van der Waals surface area (Å²) in [5.41, 5.74) is 5.75. The Morgan fingerprint density at radius 1 is 1.29 bits per heavy atom. The van der Waals surface area contributed by atoms with Gasteiger partial charge in [-0.05, 0) is 36.8 Å². The molecule has 1 heterocycles. The summed E-state index contributed by atoms with van der Waals surface area (Å²) >= 11 is 1.42. The van der Waals surface area contributed by atoms with Crippen LogP contribution in [-0.2, 0) is 4.79 Å². The van der Waals surface area contributed by atoms with Crippen molar-refractivity contribution >= 4 is 35.4 Å². The summed E-state index contributed by atoms with van der Waals surface area (Å²) in [6.45, 7) is 0.624. The van der Waals surface area contributed by atoms with E-state index in [0.29, 0.717) is 12.5 Å². The normalized spacial score (nSPS) is 21.4. The second-order valence-electron chi connectivity index (χ2n) is 5.35. The molecule has 1 aromatic heterocycles. The van der Waals surface area contributed by atoms with Gasteiger partial charge in [0.05, 0.1) is 4.88 Å². The van der Waals surface area contributed by atoms with Gasteiger partial charge in [0.1, 0.15) is 0 Å². The Morgan fingerprint density at radius 2 is 2.05 bits per heavy atom. The van der Waals surface area contributed by atoms with Gasteiger partial charge in [0.2, 0.25) is 5.91 Å². The Kier molecular flexibility index (Phi) is 7.93. The van der Waals surface area contributed by atoms with Gasteiger partial charge in [0.15, 0.2) is 5.78 Å². The lowest BCUT2D eigenvalue weighted by Crippen LogP contribution is -2.44. The maximum atomic E-state index is 11.9. The SMILES string of the molecule is Cl.NCC1CCCCC1NC(=O)CCC(=O)c1cccs1. The molecular formula is C15H23ClN2O2S. The van der Waals surface area contributed by atoms with Crippen LogP contribution < -0.4 is 11.1 Å². The van der Waals surface area contributed by atoms with E-state index in [-0.39, 0.29) is 43.0 Å². The standard InChI is InChI=1S/C15H22N2O2S.ClH/c16-10-11-4-1-2-5-12(11)17-15(19)8-7-13(18)14-6-3-9-20-14;/h3,6,9,11-12H,1-2,4-5,7-8,10,16H2,(H,17,19);1H. The zero-order chi connectivity index (χ0) is 14.4. The molecule has 1 saturated carbocycles. The molecule has 1 amide bonds. The highest BCUT2D eigenvalue weighted by atomic mass is 35.5. The summed E-state index contributed by atoms with van der Waals surface area (Å²) in [7, 11) is 0. The summed E-state index contributed by atoms with van der Waals surface area (Å²) in [4.78, 5) is 24.5. The van der Waals surface area contributed by atoms with Crippen molar-refractivity contribution in [3.63, 3.8) is 0 Å². The number of nitrogens with one attached hydrogen (secondary N) is 1. The van der Waals surface area contributed by atoms with E-state index >= 15 is 0 Å². The third-order valence-corrected chi connectivity index (χ3v) is 4.84. The van der Waals surface area contributed by atoms with Crippen molar-refractivity contribution in [1.82, 2.24) is 5.32 Å². The molecule has 2 atom stereocenters. The Labute approximate surface area is 135 Å². The highest BCUT2D eigenvalue weighted by molar-refractivity contribution is 7.12. The third kappa shape index (κ3) is 5.41. The van der Waals surface area contributed by atoms with E-state index in [1.54, 1.807) is 6.07 Å². The first-order valence-corrected chi connectivity index (χ1v) is 8.15. The maximum Gasteiger partial charge on any atom is 0.220 e. The summed E-state index contributed by atoms with van der Waals surface area (Å²) in [5, 5.41) is 4.93. The number of nitrogens with two attached hydrogens (primary N) is 1. The number of amides is 1. The van der Waals surface area contributed by atoms with Gasteiger partial charge in [-0.2, -0.15) is 0 Å². The molecule has 0 spiro atoms. The average molecular weight is 331 g/mol. The first-order chi connectivity index (χ1) is 9.70. The second kappa shape index (κ2) is 9.18. The fraction of sp³-hybridized carbons (Fsp3) is 0.600. The lowest BCUT2D eigenvalue weighted by atomic mass is 9.84. The molecule has 6 heteroatoms. The quantitative estimate of drug-likeness (QED) is 0.788. The molecule has 0 aliphatic heterocycles. The van der Waals surface area contributed by atoms with Crippen molar-refractivity contribution in [1.29, 1.82) is 0 Å². The summed E-state index contributed by atoms with van der Waals surface area (Å²) in [5.74, 6) is 0.412. The topological polar surface area (TPSA) is 72.2 Å². The van der Waals surface area contributed by atoms with Crippen LogP contribution >= 0.6 is 23.7 Å². The molecule has 0 bridgehead atoms. The first kappa shape index (κ1) is 18.1. The fourth-order valence-corrected chi connectivity index (χ4v) is 3.44. The van der Waals surface area contributed by atoms with E-state index in [1.807, 2.05) is 11.4 Å². The van der Waals surface area contributed by atoms with E-state index in [2.05, 4.69) is 5.32 Å². The highest BCUT2D eigenvalue weighted by Crippen LogP contribution is 2.23. The third-order valence-electron chi connectivity index (χ3n) is 3.93. The van der Waals surface area contributed by atoms with Gasteiger partial charge in [-0.15, -0.1) is 23.7 Å². The van der Waals surface area contributed by atoms with Crippen LogP contribution in [0.25, 0.3) is 0 Å². The van der Waals surface area contributed by atoms with Gasteiger partial charge in [0.25, 0.3) is 0 Å². The van der Waals surface area contributed by atoms with Crippen molar-refractivity contribution in [3.05, 3.63) is 22.4 Å². The number of carbonyl (C=O) groups excluding carboxylic acids is 2. The van der Waals surface area contributed by atoms with Crippen LogP contribution in [0.4, 0.5) is 0 Å². The molecule has 1 aliphatic carbocycles. The lowest BCUT2D eigenvalue weighted by Gasteiger charge is -2.31. The number of rotatable bonds is 6. The van der Waals surface area contributed by atoms with E-state index in [1.165, 1.54) is 17.8 Å². The van der Waals surface area contributed by atoms with Crippen molar-refractivity contribution < 1.29 is 9.59 Å². The zero-order valence-corrected chi connectivity index (χ0v) is 13.7. The van der Waals surface area contributed by atoms with E-state index in [4.69, 9.17) is 5.73 Å². The van der Waals surface area contributed by atoms with Crippen LogP contribution in [0.2, 0.25) is 0 Å². The van der Waals surface area contributed by atoms with Gasteiger partial charge in [0, 0.05) is 18.9 Å². The Bertz CT molecular complexity index is 451. The molecule has 4 nitrogen and oxygen atoms in total. The fourth-order valence-electron chi connectivity index (χ4n) is 2.75. The van der Waals surface area contributed by atoms with Crippen LogP contribution in [-0.4, -0.2) is 24.3 Å². The maximum absolute atomic E-state index is 11.9. The minimum atomic E-state index is -0.0275. The number of thiophene rings is 1. The largest absolute Gasteiger partial charge is 0.353 e. The monoisotopic (exact) mass is 330 g/mol. The molecule has 118 valence electrons. The molecule has 0 saturated heterocycles. The van der Waals surface area contributed by atoms with Crippen LogP contribution in [0.5, 0.6) is 0 Å². The second-order valence-corrected chi connectivity index (χ2v) is 6.30. The molecule has 0 aromatic carbocycles. The van der Waals surface area contributed by atoms with Crippen molar-refractivity contribution in [3.8, 4) is 0 Å². The molecule has 1 aromatic rings. The molecule has 21 heavy (non-hydrogen) atoms. The molecule has 1 fully saturated rings. The number of halogens is 1. The first-order valence-electron chi connectivity index (χ1n) is 7.27. The van der Waals surface area contributed by atoms with Gasteiger partial charge < -0.3 is 11.1 Å². The predicted octanol–water partition coefficient (Wildman–Crippen LogP) is 2.77. The molecule has 1 aliphatic rings. The van der Waals surface area contributed by atoms with Crippen molar-refractivity contribution in [2.24, 2.45) is 11.7 Å². The van der Waals surface area contributed by atoms with Gasteiger partial charge in [-0.25, -0.2) is 0 Å². The Morgan fingerprint density at radius 3 is 2.71 bits per heavy atom. The van der Waals surface area contributed by atoms with Crippen LogP contribution in [0, 0.1) is 5.92 Å². The minimum Gasteiger partial charge on any atom is -0.353 e. The number of hydrogen-bond acceptors (Lipinski definition) is 4. The minimum absolute atomic E-state index is 0. The molecule has 2 rings (SSSR count). The van der Waals surface area contributed by atoms with Gasteiger partial charge >= 0.3 is 0 Å². The number of Topliss-reactive ketones (excluding diaryl/α,β-unsaturated/α-hetero) is 1. The Balaban J connectivity index is 0.00000220. The van der Waals surface area contributed by atoms with Crippen molar-refractivity contribution in [2.75, 3.05) is 6.54 Å². The molecule has 3 N–H and O–H groups in total. The van der Waals surface area contributed by atoms with Gasteiger partial charge in [-0.1, -0.05) is 18.9 Å². The molecule has 0 radical (unpaired) electrons. The van der Waals surface area contributed by atoms with E-state index in [9.17, 15) is 9.59 Å². The number of hydrogen-bond donors (Lipinski definition) is 2. The van der Waals surface area contributed by atoms with E-state index in [0.717, 1.165) is 24.1 Å². The number of carbonyl (C=O) groups is 2. The lowest BCUT2D eigenvalue weighted by molar-refractivity contribution is -0.122. The zero-order valence-electron chi connectivity index (χ0n) is 12.0. The van der Waals surface area contributed by atoms with E-state index < -0.39 is 0 Å². The van der Waals surface area contributed by atoms with Crippen LogP contribution in [0.3, 0.4) is 0 Å². The summed E-state index contributed by atoms with van der Waals surface area (Å²) in [6, 6.07) is 3.85. The summed E-state index contributed by atoms with van der Waals surface area (Å²) < 4.78 is 0. The summed E-state index contributed by atoms with van der Waals surface area (Å²) in [6.07, 6.45) is 5.00.